The minimum atomic E-state index is -0.704. The molecule has 19 heavy (non-hydrogen) atoms. The van der Waals surface area contributed by atoms with E-state index in [0.29, 0.717) is 6.54 Å². The molecule has 1 fully saturated rings. The van der Waals surface area contributed by atoms with Crippen LogP contribution in [-0.2, 0) is 11.2 Å². The summed E-state index contributed by atoms with van der Waals surface area (Å²) in [7, 11) is 0. The van der Waals surface area contributed by atoms with E-state index in [0.717, 1.165) is 25.0 Å². The Labute approximate surface area is 110 Å². The molecule has 0 atom stereocenters. The predicted molar refractivity (Wildman–Crippen MR) is 65.0 cm³/mol. The van der Waals surface area contributed by atoms with Gasteiger partial charge in [-0.1, -0.05) is 6.07 Å². The van der Waals surface area contributed by atoms with Gasteiger partial charge in [-0.3, -0.25) is 4.79 Å². The highest BCUT2D eigenvalue weighted by atomic mass is 19.1. The number of hydrogen-bond acceptors (Lipinski definition) is 2. The van der Waals surface area contributed by atoms with E-state index in [2.05, 4.69) is 0 Å². The van der Waals surface area contributed by atoms with Crippen LogP contribution in [-0.4, -0.2) is 23.4 Å². The van der Waals surface area contributed by atoms with Crippen molar-refractivity contribution in [2.45, 2.75) is 31.7 Å². The van der Waals surface area contributed by atoms with Crippen LogP contribution in [0.5, 0.6) is 0 Å². The van der Waals surface area contributed by atoms with Crippen LogP contribution in [0.1, 0.15) is 24.8 Å². The second kappa shape index (κ2) is 5.79. The highest BCUT2D eigenvalue weighted by Gasteiger charge is 2.32. The lowest BCUT2D eigenvalue weighted by molar-refractivity contribution is -0.131. The highest BCUT2D eigenvalue weighted by Crippen LogP contribution is 2.27. The third-order valence-electron chi connectivity index (χ3n) is 3.13. The fourth-order valence-corrected chi connectivity index (χ4v) is 2.00. The maximum absolute atomic E-state index is 13.5. The largest absolute Gasteiger partial charge is 0.338 e. The summed E-state index contributed by atoms with van der Waals surface area (Å²) in [5.74, 6) is -1.56. The second-order valence-corrected chi connectivity index (χ2v) is 4.64. The Bertz CT molecular complexity index is 521. The normalized spacial score (nSPS) is 13.9. The third-order valence-corrected chi connectivity index (χ3v) is 3.13. The first-order chi connectivity index (χ1) is 9.11. The van der Waals surface area contributed by atoms with E-state index < -0.39 is 11.6 Å². The molecule has 2 rings (SSSR count). The van der Waals surface area contributed by atoms with E-state index in [9.17, 15) is 13.6 Å². The molecule has 0 bridgehead atoms. The average Bonchev–Trinajstić information content (AvgIpc) is 3.18. The van der Waals surface area contributed by atoms with Crippen molar-refractivity contribution in [2.75, 3.05) is 6.54 Å². The molecule has 0 heterocycles. The Balaban J connectivity index is 2.04. The summed E-state index contributed by atoms with van der Waals surface area (Å²) in [4.78, 5) is 13.7. The molecule has 0 spiro atoms. The van der Waals surface area contributed by atoms with Crippen molar-refractivity contribution >= 4 is 5.91 Å². The molecule has 0 N–H and O–H groups in total. The van der Waals surface area contributed by atoms with Gasteiger partial charge in [0.05, 0.1) is 18.9 Å². The van der Waals surface area contributed by atoms with Crippen LogP contribution >= 0.6 is 0 Å². The number of carbonyl (C=O) groups is 1. The molecule has 0 saturated heterocycles. The van der Waals surface area contributed by atoms with Gasteiger partial charge in [0.2, 0.25) is 5.91 Å². The topological polar surface area (TPSA) is 44.1 Å². The summed E-state index contributed by atoms with van der Waals surface area (Å²) in [5, 5.41) is 8.57. The van der Waals surface area contributed by atoms with Gasteiger partial charge in [0.25, 0.3) is 0 Å². The van der Waals surface area contributed by atoms with E-state index in [-0.39, 0.29) is 30.4 Å². The number of halogens is 2. The Kier molecular flexibility index (Phi) is 4.10. The van der Waals surface area contributed by atoms with Gasteiger partial charge in [-0.25, -0.2) is 8.78 Å². The summed E-state index contributed by atoms with van der Waals surface area (Å²) in [6.45, 7) is 0.378. The van der Waals surface area contributed by atoms with Gasteiger partial charge in [0.1, 0.15) is 11.6 Å². The Morgan fingerprint density at radius 3 is 2.74 bits per heavy atom. The Morgan fingerprint density at radius 2 is 2.16 bits per heavy atom. The Hall–Kier alpha value is -1.96. The number of nitriles is 1. The fraction of sp³-hybridized carbons (Fsp3) is 0.429. The van der Waals surface area contributed by atoms with Gasteiger partial charge in [0, 0.05) is 18.7 Å². The number of benzene rings is 1. The molecule has 1 aromatic rings. The lowest BCUT2D eigenvalue weighted by Gasteiger charge is -2.21. The molecule has 0 aliphatic heterocycles. The number of carbonyl (C=O) groups excluding carboxylic acids is 1. The number of amides is 1. The van der Waals surface area contributed by atoms with Crippen LogP contribution in [0.2, 0.25) is 0 Å². The zero-order valence-corrected chi connectivity index (χ0v) is 10.4. The van der Waals surface area contributed by atoms with Gasteiger partial charge in [-0.05, 0) is 24.5 Å². The number of hydrogen-bond donors (Lipinski definition) is 0. The SMILES string of the molecule is N#CCCN(C(=O)Cc1ccc(F)cc1F)C1CC1. The standard InChI is InChI=1S/C14H14F2N2O/c15-11-3-2-10(13(16)9-11)8-14(19)18(7-1-6-17)12-4-5-12/h2-3,9,12H,1,4-5,7-8H2. The summed E-state index contributed by atoms with van der Waals surface area (Å²) in [5.41, 5.74) is 0.189. The van der Waals surface area contributed by atoms with Gasteiger partial charge in [0.15, 0.2) is 0 Å². The maximum atomic E-state index is 13.5. The van der Waals surface area contributed by atoms with Crippen molar-refractivity contribution in [3.8, 4) is 6.07 Å². The molecule has 3 nitrogen and oxygen atoms in total. The fourth-order valence-electron chi connectivity index (χ4n) is 2.00. The van der Waals surface area contributed by atoms with Crippen molar-refractivity contribution in [1.29, 1.82) is 5.26 Å². The molecular weight excluding hydrogens is 250 g/mol. The van der Waals surface area contributed by atoms with E-state index in [4.69, 9.17) is 5.26 Å². The van der Waals surface area contributed by atoms with Crippen molar-refractivity contribution in [2.24, 2.45) is 0 Å². The molecule has 1 amide bonds. The molecule has 1 aromatic carbocycles. The van der Waals surface area contributed by atoms with E-state index >= 15 is 0 Å². The van der Waals surface area contributed by atoms with Gasteiger partial charge in [-0.15, -0.1) is 0 Å². The summed E-state index contributed by atoms with van der Waals surface area (Å²) >= 11 is 0. The summed E-state index contributed by atoms with van der Waals surface area (Å²) in [6.07, 6.45) is 2.05. The van der Waals surface area contributed by atoms with E-state index in [1.807, 2.05) is 6.07 Å². The summed E-state index contributed by atoms with van der Waals surface area (Å²) in [6, 6.07) is 5.39. The molecular formula is C14H14F2N2O. The van der Waals surface area contributed by atoms with Crippen LogP contribution in [0.25, 0.3) is 0 Å². The summed E-state index contributed by atoms with van der Waals surface area (Å²) < 4.78 is 26.3. The van der Waals surface area contributed by atoms with Gasteiger partial charge >= 0.3 is 0 Å². The van der Waals surface area contributed by atoms with Gasteiger partial charge < -0.3 is 4.90 Å². The zero-order valence-electron chi connectivity index (χ0n) is 10.4. The molecule has 0 unspecified atom stereocenters. The molecule has 1 saturated carbocycles. The quantitative estimate of drug-likeness (QED) is 0.819. The molecule has 5 heteroatoms. The van der Waals surface area contributed by atoms with E-state index in [1.54, 1.807) is 4.90 Å². The maximum Gasteiger partial charge on any atom is 0.227 e. The molecule has 0 radical (unpaired) electrons. The monoisotopic (exact) mass is 264 g/mol. The van der Waals surface area contributed by atoms with Crippen LogP contribution in [0.3, 0.4) is 0 Å². The van der Waals surface area contributed by atoms with Gasteiger partial charge in [-0.2, -0.15) is 5.26 Å². The Morgan fingerprint density at radius 1 is 1.42 bits per heavy atom. The van der Waals surface area contributed by atoms with Crippen molar-refractivity contribution in [3.05, 3.63) is 35.4 Å². The lowest BCUT2D eigenvalue weighted by Crippen LogP contribution is -2.35. The minimum absolute atomic E-state index is 0.0892. The van der Waals surface area contributed by atoms with Crippen molar-refractivity contribution in [3.63, 3.8) is 0 Å². The first-order valence-electron chi connectivity index (χ1n) is 6.22. The predicted octanol–water partition coefficient (Wildman–Crippen LogP) is 2.41. The number of rotatable bonds is 5. The second-order valence-electron chi connectivity index (χ2n) is 4.64. The third kappa shape index (κ3) is 3.50. The molecule has 1 aliphatic carbocycles. The molecule has 0 aromatic heterocycles. The number of nitrogens with zero attached hydrogens (tertiary/aromatic N) is 2. The van der Waals surface area contributed by atoms with Crippen LogP contribution in [0.4, 0.5) is 8.78 Å². The first kappa shape index (κ1) is 13.5. The zero-order chi connectivity index (χ0) is 13.8. The van der Waals surface area contributed by atoms with Crippen LogP contribution in [0, 0.1) is 23.0 Å². The van der Waals surface area contributed by atoms with Crippen molar-refractivity contribution < 1.29 is 13.6 Å². The smallest absolute Gasteiger partial charge is 0.227 e. The first-order valence-corrected chi connectivity index (χ1v) is 6.22. The minimum Gasteiger partial charge on any atom is -0.338 e. The lowest BCUT2D eigenvalue weighted by atomic mass is 10.1. The van der Waals surface area contributed by atoms with Crippen LogP contribution < -0.4 is 0 Å². The van der Waals surface area contributed by atoms with Crippen LogP contribution in [0.15, 0.2) is 18.2 Å². The van der Waals surface area contributed by atoms with E-state index in [1.165, 1.54) is 6.07 Å². The molecule has 100 valence electrons. The average molecular weight is 264 g/mol. The highest BCUT2D eigenvalue weighted by molar-refractivity contribution is 5.79. The van der Waals surface area contributed by atoms with Crippen molar-refractivity contribution in [1.82, 2.24) is 4.90 Å². The molecule has 1 aliphatic rings.